The van der Waals surface area contributed by atoms with Crippen LogP contribution in [-0.4, -0.2) is 64.7 Å². The number of carboxylic acid groups (broad SMARTS) is 1. The monoisotopic (exact) mass is 981 g/mol. The molecule has 2 aliphatic rings. The van der Waals surface area contributed by atoms with E-state index in [1.54, 1.807) is 72.0 Å². The summed E-state index contributed by atoms with van der Waals surface area (Å²) in [6, 6.07) is 16.5. The molecule has 2 saturated carbocycles. The van der Waals surface area contributed by atoms with Crippen LogP contribution in [0.15, 0.2) is 85.2 Å². The third-order valence-electron chi connectivity index (χ3n) is 12.3. The number of Topliss-reactive ketones (excluding diaryl/α,β-unsaturated/α-hetero) is 1. The predicted octanol–water partition coefficient (Wildman–Crippen LogP) is 11.3. The summed E-state index contributed by atoms with van der Waals surface area (Å²) in [7, 11) is -6.25. The number of nitrogens with two attached hydrogens (primary N) is 1. The van der Waals surface area contributed by atoms with E-state index in [9.17, 15) is 52.8 Å². The fourth-order valence-electron chi connectivity index (χ4n) is 7.63. The Morgan fingerprint density at radius 2 is 0.940 bits per heavy atom. The van der Waals surface area contributed by atoms with Crippen molar-refractivity contribution in [3.8, 4) is 22.5 Å². The van der Waals surface area contributed by atoms with Gasteiger partial charge in [-0.15, -0.1) is 0 Å². The second-order valence-corrected chi connectivity index (χ2v) is 25.0. The number of ketones is 1. The Morgan fingerprint density at radius 3 is 1.25 bits per heavy atom. The Bertz CT molecular complexity index is 2470. The SMILES string of the molecule is CC(C)(C)S(=O)(=O)CC1CCC(C(=O)Cc2ccc(-c3ccc(C(F)(F)F)cc3)nc2)CC1.CC(C)(C)S(=O)(=O)CC1CCC(C(=O)O)CC1.Nc1ccc(-c2ccc(C(F)(F)F)cc2)nc1. The standard InChI is InChI=1S/C25H30F3NO3S.C12H9F3N2.C12H22O4S/c1-24(2,3)33(31,32)16-17-4-7-20(8-5-17)23(30)14-18-6-13-22(29-15-18)19-9-11-21(12-10-19)25(26,27)28;13-12(14,15)9-3-1-8(2-4-9)11-6-5-10(16)7-17-11;1-12(2,3)17(15,16)8-9-4-6-10(7-5-9)11(13)14/h6,9-13,15,17,20H,4-5,7-8,14,16H2,1-3H3;1-7H,16H2;9-10H,4-8H2,1-3H3,(H,13,14). The Hall–Kier alpha value is -4.84. The quantitative estimate of drug-likeness (QED) is 0.146. The van der Waals surface area contributed by atoms with Crippen molar-refractivity contribution in [2.75, 3.05) is 17.2 Å². The minimum absolute atomic E-state index is 0.0758. The highest BCUT2D eigenvalue weighted by atomic mass is 32.2. The Morgan fingerprint density at radius 1 is 0.567 bits per heavy atom. The van der Waals surface area contributed by atoms with Gasteiger partial charge in [0.25, 0.3) is 0 Å². The lowest BCUT2D eigenvalue weighted by Crippen LogP contribution is -2.35. The lowest BCUT2D eigenvalue weighted by Gasteiger charge is -2.30. The van der Waals surface area contributed by atoms with Crippen LogP contribution in [0, 0.1) is 23.7 Å². The summed E-state index contributed by atoms with van der Waals surface area (Å²) in [6.45, 7) is 10.3. The molecular formula is C49H61F6N3O7S2. The van der Waals surface area contributed by atoms with Crippen LogP contribution in [0.3, 0.4) is 0 Å². The maximum atomic E-state index is 12.8. The van der Waals surface area contributed by atoms with E-state index < -0.39 is 58.6 Å². The molecule has 0 radical (unpaired) electrons. The number of nitrogen functional groups attached to an aromatic ring is 1. The third kappa shape index (κ3) is 16.1. The number of hydrogen-bond donors (Lipinski definition) is 2. The summed E-state index contributed by atoms with van der Waals surface area (Å²) in [5.74, 6) is -0.372. The normalized spacial score (nSPS) is 19.5. The molecule has 18 heteroatoms. The Kier molecular flexibility index (Phi) is 18.0. The second kappa shape index (κ2) is 22.1. The number of anilines is 1. The molecule has 4 aromatic rings. The van der Waals surface area contributed by atoms with Crippen molar-refractivity contribution in [3.05, 3.63) is 102 Å². The summed E-state index contributed by atoms with van der Waals surface area (Å²) in [4.78, 5) is 31.9. The summed E-state index contributed by atoms with van der Waals surface area (Å²) < 4.78 is 123. The van der Waals surface area contributed by atoms with Crippen LogP contribution in [0.25, 0.3) is 22.5 Å². The van der Waals surface area contributed by atoms with Gasteiger partial charge in [0, 0.05) is 29.7 Å². The van der Waals surface area contributed by atoms with Crippen LogP contribution < -0.4 is 5.73 Å². The van der Waals surface area contributed by atoms with E-state index in [0.717, 1.165) is 42.7 Å². The second-order valence-electron chi connectivity index (χ2n) is 19.4. The molecule has 2 aromatic carbocycles. The third-order valence-corrected chi connectivity index (χ3v) is 17.8. The highest BCUT2D eigenvalue weighted by Crippen LogP contribution is 2.35. The van der Waals surface area contributed by atoms with E-state index >= 15 is 0 Å². The molecule has 0 bridgehead atoms. The van der Waals surface area contributed by atoms with E-state index in [4.69, 9.17) is 10.8 Å². The number of carbonyl (C=O) groups excluding carboxylic acids is 1. The first-order valence-corrected chi connectivity index (χ1v) is 25.4. The smallest absolute Gasteiger partial charge is 0.416 e. The van der Waals surface area contributed by atoms with E-state index in [2.05, 4.69) is 9.97 Å². The topological polar surface area (TPSA) is 174 Å². The van der Waals surface area contributed by atoms with Crippen molar-refractivity contribution in [2.24, 2.45) is 23.7 Å². The zero-order chi connectivity index (χ0) is 50.2. The average molecular weight is 982 g/mol. The van der Waals surface area contributed by atoms with Gasteiger partial charge in [-0.25, -0.2) is 16.8 Å². The van der Waals surface area contributed by atoms with Gasteiger partial charge >= 0.3 is 18.3 Å². The van der Waals surface area contributed by atoms with Gasteiger partial charge in [-0.1, -0.05) is 30.3 Å². The number of rotatable bonds is 10. The molecule has 0 spiro atoms. The molecule has 6 rings (SSSR count). The van der Waals surface area contributed by atoms with Crippen LogP contribution in [0.4, 0.5) is 32.0 Å². The van der Waals surface area contributed by atoms with Crippen molar-refractivity contribution in [1.82, 2.24) is 9.97 Å². The highest BCUT2D eigenvalue weighted by molar-refractivity contribution is 7.93. The van der Waals surface area contributed by atoms with Gasteiger partial charge in [-0.2, -0.15) is 26.3 Å². The van der Waals surface area contributed by atoms with Gasteiger partial charge in [-0.3, -0.25) is 19.6 Å². The number of carbonyl (C=O) groups is 2. The fourth-order valence-corrected chi connectivity index (χ4v) is 10.5. The Balaban J connectivity index is 0.000000242. The molecule has 0 saturated heterocycles. The predicted molar refractivity (Wildman–Crippen MR) is 248 cm³/mol. The number of nitrogens with zero attached hydrogens (tertiary/aromatic N) is 2. The summed E-state index contributed by atoms with van der Waals surface area (Å²) in [6.07, 6.45) is 0.116. The molecule has 2 aromatic heterocycles. The van der Waals surface area contributed by atoms with Gasteiger partial charge < -0.3 is 10.8 Å². The van der Waals surface area contributed by atoms with Crippen molar-refractivity contribution in [3.63, 3.8) is 0 Å². The van der Waals surface area contributed by atoms with E-state index in [1.807, 2.05) is 0 Å². The van der Waals surface area contributed by atoms with Gasteiger partial charge in [0.05, 0.1) is 61.3 Å². The number of benzene rings is 2. The van der Waals surface area contributed by atoms with E-state index in [-0.39, 0.29) is 47.4 Å². The van der Waals surface area contributed by atoms with Crippen LogP contribution >= 0.6 is 0 Å². The molecular weight excluding hydrogens is 921 g/mol. The van der Waals surface area contributed by atoms with Gasteiger partial charge in [-0.05, 0) is 153 Å². The molecule has 0 unspecified atom stereocenters. The van der Waals surface area contributed by atoms with Crippen molar-refractivity contribution >= 4 is 37.1 Å². The first-order valence-electron chi connectivity index (χ1n) is 22.1. The lowest BCUT2D eigenvalue weighted by molar-refractivity contribution is -0.143. The molecule has 67 heavy (non-hydrogen) atoms. The molecule has 0 atom stereocenters. The molecule has 3 N–H and O–H groups in total. The Labute approximate surface area is 390 Å². The maximum Gasteiger partial charge on any atom is 0.416 e. The number of carboxylic acids is 1. The van der Waals surface area contributed by atoms with Crippen molar-refractivity contribution in [1.29, 1.82) is 0 Å². The van der Waals surface area contributed by atoms with Crippen LogP contribution in [-0.2, 0) is 48.0 Å². The van der Waals surface area contributed by atoms with Crippen LogP contribution in [0.1, 0.15) is 110 Å². The number of alkyl halides is 6. The van der Waals surface area contributed by atoms with Crippen molar-refractivity contribution < 1.29 is 57.9 Å². The molecule has 0 amide bonds. The summed E-state index contributed by atoms with van der Waals surface area (Å²) in [5.41, 5.74) is 7.70. The molecule has 10 nitrogen and oxygen atoms in total. The lowest BCUT2D eigenvalue weighted by atomic mass is 9.79. The van der Waals surface area contributed by atoms with E-state index in [0.29, 0.717) is 66.7 Å². The van der Waals surface area contributed by atoms with Crippen LogP contribution in [0.5, 0.6) is 0 Å². The average Bonchev–Trinajstić information content (AvgIpc) is 3.23. The number of sulfone groups is 2. The molecule has 2 heterocycles. The zero-order valence-electron chi connectivity index (χ0n) is 38.6. The summed E-state index contributed by atoms with van der Waals surface area (Å²) >= 11 is 0. The number of aromatic nitrogens is 2. The molecule has 2 fully saturated rings. The number of pyridine rings is 2. The first kappa shape index (κ1) is 54.8. The van der Waals surface area contributed by atoms with Gasteiger partial charge in [0.15, 0.2) is 19.7 Å². The number of halogens is 6. The maximum absolute atomic E-state index is 12.8. The van der Waals surface area contributed by atoms with Gasteiger partial charge in [0.1, 0.15) is 5.78 Å². The number of aliphatic carboxylic acids is 1. The highest BCUT2D eigenvalue weighted by Gasteiger charge is 2.36. The zero-order valence-corrected chi connectivity index (χ0v) is 40.3. The fraction of sp³-hybridized carbons (Fsp3) is 0.510. The van der Waals surface area contributed by atoms with E-state index in [1.165, 1.54) is 30.5 Å². The van der Waals surface area contributed by atoms with Crippen molar-refractivity contribution in [2.45, 2.75) is 121 Å². The molecule has 2 aliphatic carbocycles. The largest absolute Gasteiger partial charge is 0.481 e. The van der Waals surface area contributed by atoms with Gasteiger partial charge in [0.2, 0.25) is 0 Å². The number of hydrogen-bond acceptors (Lipinski definition) is 9. The first-order chi connectivity index (χ1) is 30.9. The minimum atomic E-state index is -4.38. The molecule has 368 valence electrons. The molecule has 0 aliphatic heterocycles. The summed E-state index contributed by atoms with van der Waals surface area (Å²) in [5, 5.41) is 8.87. The van der Waals surface area contributed by atoms with Crippen LogP contribution in [0.2, 0.25) is 0 Å². The minimum Gasteiger partial charge on any atom is -0.481 e.